The van der Waals surface area contributed by atoms with Crippen LogP contribution >= 0.6 is 0 Å². The molecular formula is C22H24N6O2. The number of anilines is 3. The van der Waals surface area contributed by atoms with E-state index in [1.807, 2.05) is 55.6 Å². The van der Waals surface area contributed by atoms with Crippen LogP contribution in [0, 0.1) is 6.92 Å². The molecule has 3 aromatic rings. The first-order valence-electron chi connectivity index (χ1n) is 9.90. The number of piperazine rings is 1. The van der Waals surface area contributed by atoms with Crippen molar-refractivity contribution in [2.45, 2.75) is 6.92 Å². The molecule has 0 unspecified atom stereocenters. The fourth-order valence-corrected chi connectivity index (χ4v) is 3.21. The van der Waals surface area contributed by atoms with Gasteiger partial charge in [-0.1, -0.05) is 23.8 Å². The Labute approximate surface area is 175 Å². The molecule has 0 bridgehead atoms. The number of aryl methyl sites for hydroxylation is 1. The Morgan fingerprint density at radius 2 is 1.67 bits per heavy atom. The predicted octanol–water partition coefficient (Wildman–Crippen LogP) is 2.52. The molecule has 1 N–H and O–H groups in total. The Morgan fingerprint density at radius 3 is 2.33 bits per heavy atom. The topological polar surface area (TPSA) is 83.5 Å². The normalized spacial score (nSPS) is 13.8. The first kappa shape index (κ1) is 19.6. The second-order valence-electron chi connectivity index (χ2n) is 7.08. The number of amides is 1. The largest absolute Gasteiger partial charge is 0.484 e. The summed E-state index contributed by atoms with van der Waals surface area (Å²) < 4.78 is 5.49. The van der Waals surface area contributed by atoms with E-state index in [1.54, 1.807) is 12.4 Å². The van der Waals surface area contributed by atoms with Crippen LogP contribution in [0.4, 0.5) is 17.5 Å². The minimum atomic E-state index is -0.254. The van der Waals surface area contributed by atoms with Crippen molar-refractivity contribution in [2.75, 3.05) is 47.9 Å². The van der Waals surface area contributed by atoms with E-state index >= 15 is 0 Å². The Kier molecular flexibility index (Phi) is 6.03. The molecule has 30 heavy (non-hydrogen) atoms. The maximum Gasteiger partial charge on any atom is 0.262 e. The highest BCUT2D eigenvalue weighted by atomic mass is 16.5. The Bertz CT molecular complexity index is 955. The van der Waals surface area contributed by atoms with Crippen molar-refractivity contribution >= 4 is 23.4 Å². The third-order valence-electron chi connectivity index (χ3n) is 4.85. The Morgan fingerprint density at radius 1 is 0.967 bits per heavy atom. The quantitative estimate of drug-likeness (QED) is 0.676. The van der Waals surface area contributed by atoms with Gasteiger partial charge >= 0.3 is 0 Å². The number of carbonyl (C=O) groups is 1. The lowest BCUT2D eigenvalue weighted by atomic mass is 10.2. The number of nitrogens with one attached hydrogen (secondary N) is 1. The number of benzene rings is 1. The van der Waals surface area contributed by atoms with E-state index in [-0.39, 0.29) is 12.5 Å². The van der Waals surface area contributed by atoms with Crippen molar-refractivity contribution in [2.24, 2.45) is 0 Å². The number of aromatic nitrogens is 3. The zero-order chi connectivity index (χ0) is 20.8. The van der Waals surface area contributed by atoms with E-state index in [2.05, 4.69) is 30.1 Å². The van der Waals surface area contributed by atoms with Crippen LogP contribution in [0.25, 0.3) is 0 Å². The zero-order valence-corrected chi connectivity index (χ0v) is 16.9. The molecule has 1 aromatic carbocycles. The smallest absolute Gasteiger partial charge is 0.262 e. The number of pyridine rings is 1. The van der Waals surface area contributed by atoms with Gasteiger partial charge in [0.25, 0.3) is 5.91 Å². The summed E-state index contributed by atoms with van der Waals surface area (Å²) in [6.07, 6.45) is 5.05. The van der Waals surface area contributed by atoms with Gasteiger partial charge in [-0.25, -0.2) is 15.0 Å². The molecule has 1 fully saturated rings. The molecular weight excluding hydrogens is 380 g/mol. The molecule has 3 heterocycles. The second kappa shape index (κ2) is 9.21. The summed E-state index contributed by atoms with van der Waals surface area (Å²) in [5.41, 5.74) is 1.69. The average Bonchev–Trinajstić information content (AvgIpc) is 2.80. The minimum absolute atomic E-state index is 0.0692. The molecule has 0 radical (unpaired) electrons. The molecule has 8 nitrogen and oxygen atoms in total. The first-order valence-corrected chi connectivity index (χ1v) is 9.90. The van der Waals surface area contributed by atoms with Gasteiger partial charge in [0, 0.05) is 32.4 Å². The Balaban J connectivity index is 1.26. The molecule has 1 amide bonds. The average molecular weight is 404 g/mol. The standard InChI is InChI=1S/C22H24N6O2/c1-17-5-7-19(8-6-17)30-16-21(29)26-18-14-24-22(25-15-18)28-12-10-27(11-13-28)20-4-2-3-9-23-20/h2-9,14-15H,10-13,16H2,1H3,(H,26,29). The lowest BCUT2D eigenvalue weighted by Gasteiger charge is -2.35. The van der Waals surface area contributed by atoms with Gasteiger partial charge in [-0.15, -0.1) is 0 Å². The second-order valence-corrected chi connectivity index (χ2v) is 7.08. The highest BCUT2D eigenvalue weighted by Crippen LogP contribution is 2.17. The number of rotatable bonds is 6. The van der Waals surface area contributed by atoms with Crippen LogP contribution in [-0.4, -0.2) is 53.6 Å². The fourth-order valence-electron chi connectivity index (χ4n) is 3.21. The van der Waals surface area contributed by atoms with Crippen LogP contribution in [0.5, 0.6) is 5.75 Å². The molecule has 154 valence electrons. The van der Waals surface area contributed by atoms with Crippen molar-refractivity contribution in [1.29, 1.82) is 0 Å². The molecule has 2 aromatic heterocycles. The number of hydrogen-bond donors (Lipinski definition) is 1. The van der Waals surface area contributed by atoms with Gasteiger partial charge in [0.1, 0.15) is 11.6 Å². The van der Waals surface area contributed by atoms with Crippen LogP contribution in [-0.2, 0) is 4.79 Å². The van der Waals surface area contributed by atoms with Gasteiger partial charge in [-0.2, -0.15) is 0 Å². The third-order valence-corrected chi connectivity index (χ3v) is 4.85. The van der Waals surface area contributed by atoms with E-state index in [1.165, 1.54) is 0 Å². The molecule has 8 heteroatoms. The third kappa shape index (κ3) is 5.02. The van der Waals surface area contributed by atoms with E-state index < -0.39 is 0 Å². The molecule has 1 aliphatic heterocycles. The van der Waals surface area contributed by atoms with Crippen molar-refractivity contribution < 1.29 is 9.53 Å². The lowest BCUT2D eigenvalue weighted by Crippen LogP contribution is -2.47. The number of carbonyl (C=O) groups excluding carboxylic acids is 1. The van der Waals surface area contributed by atoms with Crippen LogP contribution in [0.3, 0.4) is 0 Å². The fraction of sp³-hybridized carbons (Fsp3) is 0.273. The summed E-state index contributed by atoms with van der Waals surface area (Å²) >= 11 is 0. The van der Waals surface area contributed by atoms with E-state index in [9.17, 15) is 4.79 Å². The molecule has 0 saturated carbocycles. The van der Waals surface area contributed by atoms with Gasteiger partial charge in [0.05, 0.1) is 18.1 Å². The summed E-state index contributed by atoms with van der Waals surface area (Å²) in [7, 11) is 0. The summed E-state index contributed by atoms with van der Waals surface area (Å²) in [5.74, 6) is 2.05. The van der Waals surface area contributed by atoms with Gasteiger partial charge < -0.3 is 19.9 Å². The summed E-state index contributed by atoms with van der Waals surface area (Å²) in [6, 6.07) is 13.5. The SMILES string of the molecule is Cc1ccc(OCC(=O)Nc2cnc(N3CCN(c4ccccn4)CC3)nc2)cc1. The van der Waals surface area contributed by atoms with Gasteiger partial charge in [0.15, 0.2) is 6.61 Å². The maximum absolute atomic E-state index is 12.1. The minimum Gasteiger partial charge on any atom is -0.484 e. The molecule has 1 saturated heterocycles. The molecule has 0 atom stereocenters. The molecule has 0 aliphatic carbocycles. The summed E-state index contributed by atoms with van der Waals surface area (Å²) in [4.78, 5) is 29.7. The van der Waals surface area contributed by atoms with Gasteiger partial charge in [-0.3, -0.25) is 4.79 Å². The summed E-state index contributed by atoms with van der Waals surface area (Å²) in [6.45, 7) is 5.27. The van der Waals surface area contributed by atoms with Crippen LogP contribution in [0.1, 0.15) is 5.56 Å². The van der Waals surface area contributed by atoms with E-state index in [0.29, 0.717) is 17.4 Å². The van der Waals surface area contributed by atoms with E-state index in [4.69, 9.17) is 4.74 Å². The van der Waals surface area contributed by atoms with Gasteiger partial charge in [0.2, 0.25) is 5.95 Å². The van der Waals surface area contributed by atoms with Crippen molar-refractivity contribution in [3.63, 3.8) is 0 Å². The van der Waals surface area contributed by atoms with Crippen molar-refractivity contribution in [1.82, 2.24) is 15.0 Å². The number of hydrogen-bond acceptors (Lipinski definition) is 7. The van der Waals surface area contributed by atoms with Crippen LogP contribution in [0.15, 0.2) is 61.1 Å². The maximum atomic E-state index is 12.1. The molecule has 1 aliphatic rings. The van der Waals surface area contributed by atoms with Crippen molar-refractivity contribution in [3.8, 4) is 5.75 Å². The molecule has 0 spiro atoms. The molecule has 4 rings (SSSR count). The van der Waals surface area contributed by atoms with Crippen LogP contribution < -0.4 is 19.9 Å². The lowest BCUT2D eigenvalue weighted by molar-refractivity contribution is -0.118. The van der Waals surface area contributed by atoms with Crippen molar-refractivity contribution in [3.05, 3.63) is 66.6 Å². The zero-order valence-electron chi connectivity index (χ0n) is 16.9. The Hall–Kier alpha value is -3.68. The highest BCUT2D eigenvalue weighted by Gasteiger charge is 2.19. The first-order chi connectivity index (χ1) is 14.7. The number of nitrogens with zero attached hydrogens (tertiary/aromatic N) is 5. The highest BCUT2D eigenvalue weighted by molar-refractivity contribution is 5.91. The van der Waals surface area contributed by atoms with E-state index in [0.717, 1.165) is 37.6 Å². The summed E-state index contributed by atoms with van der Waals surface area (Å²) in [5, 5.41) is 2.76. The van der Waals surface area contributed by atoms with Crippen LogP contribution in [0.2, 0.25) is 0 Å². The number of ether oxygens (including phenoxy) is 1. The predicted molar refractivity (Wildman–Crippen MR) is 116 cm³/mol. The monoisotopic (exact) mass is 404 g/mol. The van der Waals surface area contributed by atoms with Gasteiger partial charge in [-0.05, 0) is 31.2 Å².